The van der Waals surface area contributed by atoms with E-state index in [0.29, 0.717) is 23.5 Å². The molecule has 0 bridgehead atoms. The molecular formula is C12H19N3O2. The van der Waals surface area contributed by atoms with Crippen molar-refractivity contribution in [2.45, 2.75) is 19.9 Å². The molecule has 0 fully saturated rings. The Bertz CT molecular complexity index is 393. The summed E-state index contributed by atoms with van der Waals surface area (Å²) in [7, 11) is 0. The monoisotopic (exact) mass is 237 g/mol. The maximum atomic E-state index is 11.6. The van der Waals surface area contributed by atoms with E-state index in [1.807, 2.05) is 13.8 Å². The van der Waals surface area contributed by atoms with Gasteiger partial charge in [0.25, 0.3) is 5.91 Å². The summed E-state index contributed by atoms with van der Waals surface area (Å²) in [5.74, 6) is -0.132. The van der Waals surface area contributed by atoms with Crippen LogP contribution in [0, 0.1) is 0 Å². The molecule has 0 saturated heterocycles. The fraction of sp³-hybridized carbons (Fsp3) is 0.417. The van der Waals surface area contributed by atoms with Crippen molar-refractivity contribution in [2.75, 3.05) is 24.2 Å². The second-order valence-electron chi connectivity index (χ2n) is 3.89. The van der Waals surface area contributed by atoms with Crippen LogP contribution in [0.25, 0.3) is 0 Å². The van der Waals surface area contributed by atoms with Crippen LogP contribution in [0.2, 0.25) is 0 Å². The highest BCUT2D eigenvalue weighted by atomic mass is 16.3. The van der Waals surface area contributed by atoms with Crippen LogP contribution in [0.3, 0.4) is 0 Å². The van der Waals surface area contributed by atoms with Gasteiger partial charge in [-0.25, -0.2) is 0 Å². The maximum absolute atomic E-state index is 11.6. The van der Waals surface area contributed by atoms with Crippen molar-refractivity contribution in [3.63, 3.8) is 0 Å². The number of rotatable bonds is 5. The number of hydrogen-bond acceptors (Lipinski definition) is 4. The Morgan fingerprint density at radius 1 is 1.53 bits per heavy atom. The van der Waals surface area contributed by atoms with Crippen LogP contribution in [-0.4, -0.2) is 30.2 Å². The van der Waals surface area contributed by atoms with Crippen LogP contribution in [0.4, 0.5) is 11.4 Å². The first-order valence-corrected chi connectivity index (χ1v) is 5.63. The van der Waals surface area contributed by atoms with Crippen LogP contribution >= 0.6 is 0 Å². The molecule has 0 heterocycles. The standard InChI is InChI=1S/C12H19N3O2/c1-3-14-12(17)9-4-5-10(13)11(6-9)15-8(2)7-16/h4-6,8,15-16H,3,7,13H2,1-2H3,(H,14,17). The van der Waals surface area contributed by atoms with E-state index in [9.17, 15) is 4.79 Å². The molecule has 1 rings (SSSR count). The third-order valence-corrected chi connectivity index (χ3v) is 2.33. The minimum atomic E-state index is -0.132. The highest BCUT2D eigenvalue weighted by Gasteiger charge is 2.09. The number of nitrogen functional groups attached to an aromatic ring is 1. The maximum Gasteiger partial charge on any atom is 0.251 e. The van der Waals surface area contributed by atoms with E-state index in [0.717, 1.165) is 0 Å². The molecule has 0 saturated carbocycles. The zero-order valence-electron chi connectivity index (χ0n) is 10.2. The zero-order chi connectivity index (χ0) is 12.8. The number of carbonyl (C=O) groups excluding carboxylic acids is 1. The molecule has 0 aliphatic carbocycles. The summed E-state index contributed by atoms with van der Waals surface area (Å²) in [6, 6.07) is 4.93. The number of benzene rings is 1. The lowest BCUT2D eigenvalue weighted by atomic mass is 10.1. The lowest BCUT2D eigenvalue weighted by Crippen LogP contribution is -2.24. The molecule has 5 nitrogen and oxygen atoms in total. The molecule has 1 amide bonds. The highest BCUT2D eigenvalue weighted by molar-refractivity contribution is 5.96. The summed E-state index contributed by atoms with van der Waals surface area (Å²) in [4.78, 5) is 11.6. The van der Waals surface area contributed by atoms with Gasteiger partial charge >= 0.3 is 0 Å². The van der Waals surface area contributed by atoms with Gasteiger partial charge in [-0.3, -0.25) is 4.79 Å². The van der Waals surface area contributed by atoms with Gasteiger partial charge in [0.15, 0.2) is 0 Å². The fourth-order valence-electron chi connectivity index (χ4n) is 1.40. The molecule has 0 aliphatic rings. The molecule has 0 radical (unpaired) electrons. The summed E-state index contributed by atoms with van der Waals surface area (Å²) in [5, 5.41) is 14.7. The Morgan fingerprint density at radius 3 is 2.82 bits per heavy atom. The molecule has 0 aromatic heterocycles. The van der Waals surface area contributed by atoms with Gasteiger partial charge in [-0.1, -0.05) is 0 Å². The van der Waals surface area contributed by atoms with Gasteiger partial charge in [-0.2, -0.15) is 0 Å². The van der Waals surface area contributed by atoms with Gasteiger partial charge in [0.2, 0.25) is 0 Å². The summed E-state index contributed by atoms with van der Waals surface area (Å²) >= 11 is 0. The molecule has 1 aromatic carbocycles. The van der Waals surface area contributed by atoms with Crippen molar-refractivity contribution < 1.29 is 9.90 Å². The number of amides is 1. The quantitative estimate of drug-likeness (QED) is 0.571. The zero-order valence-corrected chi connectivity index (χ0v) is 10.2. The van der Waals surface area contributed by atoms with E-state index in [1.54, 1.807) is 18.2 Å². The predicted molar refractivity (Wildman–Crippen MR) is 69.0 cm³/mol. The van der Waals surface area contributed by atoms with Crippen LogP contribution in [0.1, 0.15) is 24.2 Å². The van der Waals surface area contributed by atoms with Crippen molar-refractivity contribution >= 4 is 17.3 Å². The molecule has 1 unspecified atom stereocenters. The third-order valence-electron chi connectivity index (χ3n) is 2.33. The van der Waals surface area contributed by atoms with Crippen molar-refractivity contribution in [3.05, 3.63) is 23.8 Å². The first-order valence-electron chi connectivity index (χ1n) is 5.63. The van der Waals surface area contributed by atoms with Gasteiger partial charge in [-0.15, -0.1) is 0 Å². The Morgan fingerprint density at radius 2 is 2.24 bits per heavy atom. The number of anilines is 2. The van der Waals surface area contributed by atoms with E-state index >= 15 is 0 Å². The van der Waals surface area contributed by atoms with E-state index < -0.39 is 0 Å². The second-order valence-corrected chi connectivity index (χ2v) is 3.89. The molecule has 5 heteroatoms. The minimum Gasteiger partial charge on any atom is -0.397 e. The fourth-order valence-corrected chi connectivity index (χ4v) is 1.40. The third kappa shape index (κ3) is 3.64. The average Bonchev–Trinajstić information content (AvgIpc) is 2.32. The van der Waals surface area contributed by atoms with Gasteiger partial charge < -0.3 is 21.5 Å². The highest BCUT2D eigenvalue weighted by Crippen LogP contribution is 2.20. The number of nitrogens with two attached hydrogens (primary N) is 1. The molecular weight excluding hydrogens is 218 g/mol. The van der Waals surface area contributed by atoms with E-state index in [1.165, 1.54) is 0 Å². The van der Waals surface area contributed by atoms with Gasteiger partial charge in [-0.05, 0) is 32.0 Å². The number of aliphatic hydroxyl groups excluding tert-OH is 1. The smallest absolute Gasteiger partial charge is 0.251 e. The van der Waals surface area contributed by atoms with E-state index in [4.69, 9.17) is 10.8 Å². The van der Waals surface area contributed by atoms with Crippen molar-refractivity contribution in [1.29, 1.82) is 0 Å². The second kappa shape index (κ2) is 6.10. The molecule has 1 atom stereocenters. The Balaban J connectivity index is 2.90. The van der Waals surface area contributed by atoms with Crippen LogP contribution in [0.5, 0.6) is 0 Å². The van der Waals surface area contributed by atoms with Crippen LogP contribution in [0.15, 0.2) is 18.2 Å². The Kier molecular flexibility index (Phi) is 4.78. The first-order chi connectivity index (χ1) is 8.08. The number of nitrogens with one attached hydrogen (secondary N) is 2. The van der Waals surface area contributed by atoms with Crippen LogP contribution in [-0.2, 0) is 0 Å². The number of hydrogen-bond donors (Lipinski definition) is 4. The summed E-state index contributed by atoms with van der Waals surface area (Å²) in [6.07, 6.45) is 0. The van der Waals surface area contributed by atoms with Crippen LogP contribution < -0.4 is 16.4 Å². The largest absolute Gasteiger partial charge is 0.397 e. The van der Waals surface area contributed by atoms with Gasteiger partial charge in [0, 0.05) is 18.2 Å². The molecule has 17 heavy (non-hydrogen) atoms. The topological polar surface area (TPSA) is 87.4 Å². The normalized spacial score (nSPS) is 11.9. The molecule has 0 spiro atoms. The van der Waals surface area contributed by atoms with E-state index in [-0.39, 0.29) is 18.6 Å². The van der Waals surface area contributed by atoms with Crippen molar-refractivity contribution in [1.82, 2.24) is 5.32 Å². The number of carbonyl (C=O) groups is 1. The lowest BCUT2D eigenvalue weighted by Gasteiger charge is -2.15. The van der Waals surface area contributed by atoms with E-state index in [2.05, 4.69) is 10.6 Å². The minimum absolute atomic E-state index is 0.00479. The molecule has 5 N–H and O–H groups in total. The molecule has 0 aliphatic heterocycles. The molecule has 1 aromatic rings. The first kappa shape index (κ1) is 13.3. The van der Waals surface area contributed by atoms with Gasteiger partial charge in [0.1, 0.15) is 0 Å². The Labute approximate surface area is 101 Å². The number of aliphatic hydroxyl groups is 1. The molecule has 94 valence electrons. The summed E-state index contributed by atoms with van der Waals surface area (Å²) in [6.45, 7) is 4.28. The van der Waals surface area contributed by atoms with Gasteiger partial charge in [0.05, 0.1) is 18.0 Å². The lowest BCUT2D eigenvalue weighted by molar-refractivity contribution is 0.0956. The van der Waals surface area contributed by atoms with Crippen molar-refractivity contribution in [3.8, 4) is 0 Å². The Hall–Kier alpha value is -1.75. The van der Waals surface area contributed by atoms with Crippen molar-refractivity contribution in [2.24, 2.45) is 0 Å². The average molecular weight is 237 g/mol. The summed E-state index contributed by atoms with van der Waals surface area (Å²) < 4.78 is 0. The summed E-state index contributed by atoms with van der Waals surface area (Å²) in [5.41, 5.74) is 7.56. The predicted octanol–water partition coefficient (Wildman–Crippen LogP) is 0.811. The SMILES string of the molecule is CCNC(=O)c1ccc(N)c(NC(C)CO)c1.